The van der Waals surface area contributed by atoms with Crippen LogP contribution in [0.5, 0.6) is 0 Å². The lowest BCUT2D eigenvalue weighted by atomic mass is 9.94. The van der Waals surface area contributed by atoms with Crippen LogP contribution in [0.2, 0.25) is 0 Å². The predicted octanol–water partition coefficient (Wildman–Crippen LogP) is 2.52. The zero-order valence-corrected chi connectivity index (χ0v) is 13.2. The van der Waals surface area contributed by atoms with E-state index >= 15 is 0 Å². The molecule has 1 atom stereocenters. The Balaban J connectivity index is 1.75. The number of carbonyl (C=O) groups is 1. The third-order valence-corrected chi connectivity index (χ3v) is 4.39. The Morgan fingerprint density at radius 1 is 1.46 bits per heavy atom. The molecule has 0 saturated heterocycles. The molecule has 1 heterocycles. The van der Waals surface area contributed by atoms with E-state index in [0.717, 1.165) is 12.8 Å². The highest BCUT2D eigenvalue weighted by Crippen LogP contribution is 2.45. The third-order valence-electron chi connectivity index (χ3n) is 4.39. The van der Waals surface area contributed by atoms with E-state index in [1.54, 1.807) is 19.1 Å². The third kappa shape index (κ3) is 3.03. The van der Waals surface area contributed by atoms with Gasteiger partial charge in [-0.25, -0.2) is 0 Å². The lowest BCUT2D eigenvalue weighted by Crippen LogP contribution is -2.42. The lowest BCUT2D eigenvalue weighted by Gasteiger charge is -2.26. The first-order valence-corrected chi connectivity index (χ1v) is 7.71. The number of carbonyl (C=O) groups excluding carboxylic acids is 1. The summed E-state index contributed by atoms with van der Waals surface area (Å²) in [4.78, 5) is 22.8. The molecule has 1 aromatic carbocycles. The van der Waals surface area contributed by atoms with E-state index in [4.69, 9.17) is 4.42 Å². The number of aryl methyl sites for hydroxylation is 1. The largest absolute Gasteiger partial charge is 0.466 e. The summed E-state index contributed by atoms with van der Waals surface area (Å²) in [5.74, 6) is -0.0137. The minimum absolute atomic E-state index is 0.00825. The van der Waals surface area contributed by atoms with Gasteiger partial charge < -0.3 is 14.8 Å². The van der Waals surface area contributed by atoms with Crippen molar-refractivity contribution in [3.63, 3.8) is 0 Å². The number of rotatable bonds is 6. The molecule has 1 unspecified atom stereocenters. The number of hydrogen-bond donors (Lipinski definition) is 2. The Bertz CT molecular complexity index is 767. The quantitative estimate of drug-likeness (QED) is 0.625. The number of amides is 1. The van der Waals surface area contributed by atoms with Crippen LogP contribution >= 0.6 is 0 Å². The van der Waals surface area contributed by atoms with Crippen LogP contribution in [0.15, 0.2) is 41.0 Å². The van der Waals surface area contributed by atoms with Gasteiger partial charge in [-0.3, -0.25) is 14.9 Å². The Morgan fingerprint density at radius 3 is 2.79 bits per heavy atom. The van der Waals surface area contributed by atoms with Crippen molar-refractivity contribution < 1.29 is 19.2 Å². The van der Waals surface area contributed by atoms with Crippen LogP contribution in [0.25, 0.3) is 0 Å². The zero-order valence-electron chi connectivity index (χ0n) is 13.2. The summed E-state index contributed by atoms with van der Waals surface area (Å²) in [7, 11) is 0. The number of aliphatic hydroxyl groups is 1. The fraction of sp³-hybridized carbons (Fsp3) is 0.353. The summed E-state index contributed by atoms with van der Waals surface area (Å²) < 4.78 is 5.31. The van der Waals surface area contributed by atoms with Crippen LogP contribution in [0.4, 0.5) is 5.69 Å². The highest BCUT2D eigenvalue weighted by atomic mass is 16.6. The van der Waals surface area contributed by atoms with Crippen molar-refractivity contribution in [3.8, 4) is 0 Å². The molecule has 1 fully saturated rings. The van der Waals surface area contributed by atoms with Crippen molar-refractivity contribution in [1.82, 2.24) is 5.32 Å². The maximum absolute atomic E-state index is 12.3. The van der Waals surface area contributed by atoms with Crippen LogP contribution in [0, 0.1) is 23.0 Å². The van der Waals surface area contributed by atoms with Crippen LogP contribution in [-0.4, -0.2) is 22.5 Å². The molecule has 2 aromatic rings. The van der Waals surface area contributed by atoms with Gasteiger partial charge in [0, 0.05) is 17.2 Å². The molecular formula is C17H18N2O5. The number of nitrogens with zero attached hydrogens (tertiary/aromatic N) is 1. The van der Waals surface area contributed by atoms with Crippen molar-refractivity contribution >= 4 is 11.6 Å². The first-order chi connectivity index (χ1) is 11.4. The summed E-state index contributed by atoms with van der Waals surface area (Å²) in [5.41, 5.74) is -0.687. The first-order valence-electron chi connectivity index (χ1n) is 7.71. The van der Waals surface area contributed by atoms with Gasteiger partial charge in [0.2, 0.25) is 0 Å². The number of nitro groups is 1. The van der Waals surface area contributed by atoms with Gasteiger partial charge in [-0.1, -0.05) is 6.07 Å². The van der Waals surface area contributed by atoms with E-state index in [1.165, 1.54) is 24.5 Å². The van der Waals surface area contributed by atoms with Gasteiger partial charge >= 0.3 is 0 Å². The molecule has 7 heteroatoms. The van der Waals surface area contributed by atoms with Crippen LogP contribution in [-0.2, 0) is 5.60 Å². The predicted molar refractivity (Wildman–Crippen MR) is 85.5 cm³/mol. The number of nitrogens with one attached hydrogen (secondary N) is 1. The molecule has 0 radical (unpaired) electrons. The minimum atomic E-state index is -1.25. The van der Waals surface area contributed by atoms with Gasteiger partial charge in [0.1, 0.15) is 11.4 Å². The Kier molecular flexibility index (Phi) is 4.11. The van der Waals surface area contributed by atoms with Gasteiger partial charge in [0.15, 0.2) is 0 Å². The molecule has 1 amide bonds. The molecule has 2 N–H and O–H groups in total. The molecule has 0 spiro atoms. The lowest BCUT2D eigenvalue weighted by molar-refractivity contribution is -0.385. The molecule has 7 nitrogen and oxygen atoms in total. The van der Waals surface area contributed by atoms with Crippen LogP contribution in [0.3, 0.4) is 0 Å². The Labute approximate surface area is 138 Å². The van der Waals surface area contributed by atoms with Gasteiger partial charge in [-0.15, -0.1) is 0 Å². The molecule has 3 rings (SSSR count). The molecule has 1 aliphatic carbocycles. The number of hydrogen-bond acceptors (Lipinski definition) is 5. The van der Waals surface area contributed by atoms with Crippen molar-refractivity contribution in [3.05, 3.63) is 63.6 Å². The normalized spacial score (nSPS) is 16.4. The topological polar surface area (TPSA) is 106 Å². The molecule has 0 aliphatic heterocycles. The maximum Gasteiger partial charge on any atom is 0.273 e. The van der Waals surface area contributed by atoms with E-state index in [-0.39, 0.29) is 23.7 Å². The molecule has 1 aromatic heterocycles. The smallest absolute Gasteiger partial charge is 0.273 e. The van der Waals surface area contributed by atoms with Crippen LogP contribution in [0.1, 0.15) is 34.5 Å². The van der Waals surface area contributed by atoms with Gasteiger partial charge in [0.25, 0.3) is 11.6 Å². The molecule has 0 bridgehead atoms. The van der Waals surface area contributed by atoms with Crippen molar-refractivity contribution in [2.24, 2.45) is 5.92 Å². The van der Waals surface area contributed by atoms with E-state index in [9.17, 15) is 20.0 Å². The SMILES string of the molecule is Cc1ccc(C(=O)NCC(O)(c2ccco2)C2CC2)cc1[N+](=O)[O-]. The number of benzene rings is 1. The summed E-state index contributed by atoms with van der Waals surface area (Å²) in [5, 5.41) is 24.5. The van der Waals surface area contributed by atoms with Crippen LogP contribution < -0.4 is 5.32 Å². The molecule has 24 heavy (non-hydrogen) atoms. The van der Waals surface area contributed by atoms with E-state index in [0.29, 0.717) is 11.3 Å². The number of furan rings is 1. The average molecular weight is 330 g/mol. The fourth-order valence-corrected chi connectivity index (χ4v) is 2.78. The van der Waals surface area contributed by atoms with Crippen molar-refractivity contribution in [2.45, 2.75) is 25.4 Å². The highest BCUT2D eigenvalue weighted by Gasteiger charge is 2.47. The van der Waals surface area contributed by atoms with E-state index in [1.807, 2.05) is 0 Å². The summed E-state index contributed by atoms with van der Waals surface area (Å²) in [6.45, 7) is 1.61. The summed E-state index contributed by atoms with van der Waals surface area (Å²) in [6.07, 6.45) is 3.21. The van der Waals surface area contributed by atoms with Gasteiger partial charge in [-0.2, -0.15) is 0 Å². The summed E-state index contributed by atoms with van der Waals surface area (Å²) >= 11 is 0. The second kappa shape index (κ2) is 6.09. The average Bonchev–Trinajstić information content (AvgIpc) is 3.27. The second-order valence-electron chi connectivity index (χ2n) is 6.12. The number of nitro benzene ring substituents is 1. The maximum atomic E-state index is 12.3. The second-order valence-corrected chi connectivity index (χ2v) is 6.12. The van der Waals surface area contributed by atoms with Gasteiger partial charge in [-0.05, 0) is 43.9 Å². The highest BCUT2D eigenvalue weighted by molar-refractivity contribution is 5.95. The molecule has 126 valence electrons. The Morgan fingerprint density at radius 2 is 2.21 bits per heavy atom. The first kappa shape index (κ1) is 16.2. The minimum Gasteiger partial charge on any atom is -0.466 e. The monoisotopic (exact) mass is 330 g/mol. The molecule has 1 aliphatic rings. The van der Waals surface area contributed by atoms with Gasteiger partial charge in [0.05, 0.1) is 17.7 Å². The molecular weight excluding hydrogens is 312 g/mol. The molecule has 1 saturated carbocycles. The zero-order chi connectivity index (χ0) is 17.3. The van der Waals surface area contributed by atoms with E-state index in [2.05, 4.69) is 5.32 Å². The standard InChI is InChI=1S/C17H18N2O5/c1-11-4-5-12(9-14(11)19(22)23)16(20)18-10-17(21,13-6-7-13)15-3-2-8-24-15/h2-5,8-9,13,21H,6-7,10H2,1H3,(H,18,20). The van der Waals surface area contributed by atoms with Crippen molar-refractivity contribution in [2.75, 3.05) is 6.54 Å². The van der Waals surface area contributed by atoms with Crippen molar-refractivity contribution in [1.29, 1.82) is 0 Å². The fourth-order valence-electron chi connectivity index (χ4n) is 2.78. The Hall–Kier alpha value is -2.67. The van der Waals surface area contributed by atoms with E-state index < -0.39 is 16.4 Å². The summed E-state index contributed by atoms with van der Waals surface area (Å²) in [6, 6.07) is 7.68.